The Labute approximate surface area is 138 Å². The number of nitrogens with two attached hydrogens (primary N) is 1. The Bertz CT molecular complexity index is 810. The molecule has 0 aliphatic heterocycles. The molecule has 1 aromatic carbocycles. The Hall–Kier alpha value is -2.48. The van der Waals surface area contributed by atoms with Crippen molar-refractivity contribution in [2.75, 3.05) is 12.8 Å². The number of aromatic nitrogens is 5. The molecule has 0 bridgehead atoms. The maximum atomic E-state index is 5.66. The molecule has 120 valence electrons. The van der Waals surface area contributed by atoms with Gasteiger partial charge in [-0.1, -0.05) is 37.3 Å². The van der Waals surface area contributed by atoms with Gasteiger partial charge in [-0.25, -0.2) is 9.67 Å². The van der Waals surface area contributed by atoms with Crippen LogP contribution in [0, 0.1) is 0 Å². The lowest BCUT2D eigenvalue weighted by atomic mass is 10.2. The van der Waals surface area contributed by atoms with E-state index in [1.165, 1.54) is 11.3 Å². The third-order valence-corrected chi connectivity index (χ3v) is 4.06. The van der Waals surface area contributed by atoms with Crippen LogP contribution in [-0.2, 0) is 6.42 Å². The number of benzene rings is 1. The molecule has 0 radical (unpaired) electrons. The first-order valence-electron chi connectivity index (χ1n) is 7.25. The fourth-order valence-electron chi connectivity index (χ4n) is 2.19. The molecule has 0 unspecified atom stereocenters. The molecular weight excluding hydrogens is 312 g/mol. The molecule has 3 rings (SSSR count). The van der Waals surface area contributed by atoms with Crippen LogP contribution in [0.1, 0.15) is 36.4 Å². The molecule has 2 N–H and O–H groups in total. The molecule has 8 heteroatoms. The van der Waals surface area contributed by atoms with Gasteiger partial charge in [0.2, 0.25) is 5.13 Å². The van der Waals surface area contributed by atoms with Gasteiger partial charge in [-0.2, -0.15) is 5.10 Å². The standard InChI is InChI=1S/C15H18N6OS/c1-9(2)14-17-12(8-13-18-19-15(16)23-13)21(20-14)10-6-4-5-7-11(10)22-3/h4-7,9H,8H2,1-3H3,(H2,16,19). The molecule has 0 aliphatic rings. The molecule has 0 saturated carbocycles. The molecule has 0 aliphatic carbocycles. The minimum atomic E-state index is 0.226. The van der Waals surface area contributed by atoms with E-state index in [2.05, 4.69) is 34.1 Å². The number of methoxy groups -OCH3 is 1. The lowest BCUT2D eigenvalue weighted by Crippen LogP contribution is -2.06. The number of ether oxygens (including phenoxy) is 1. The highest BCUT2D eigenvalue weighted by molar-refractivity contribution is 7.15. The average Bonchev–Trinajstić information content (AvgIpc) is 3.14. The molecule has 0 atom stereocenters. The first-order valence-corrected chi connectivity index (χ1v) is 8.07. The summed E-state index contributed by atoms with van der Waals surface area (Å²) in [5.41, 5.74) is 6.51. The van der Waals surface area contributed by atoms with Gasteiger partial charge in [0.25, 0.3) is 0 Å². The van der Waals surface area contributed by atoms with Crippen molar-refractivity contribution < 1.29 is 4.74 Å². The maximum Gasteiger partial charge on any atom is 0.203 e. The molecule has 7 nitrogen and oxygen atoms in total. The summed E-state index contributed by atoms with van der Waals surface area (Å²) in [6.07, 6.45) is 0.520. The summed E-state index contributed by atoms with van der Waals surface area (Å²) in [4.78, 5) is 4.66. The SMILES string of the molecule is COc1ccccc1-n1nc(C(C)C)nc1Cc1nnc(N)s1. The summed E-state index contributed by atoms with van der Waals surface area (Å²) >= 11 is 1.36. The fourth-order valence-corrected chi connectivity index (χ4v) is 2.80. The van der Waals surface area contributed by atoms with Crippen LogP contribution in [0.15, 0.2) is 24.3 Å². The van der Waals surface area contributed by atoms with Crippen LogP contribution >= 0.6 is 11.3 Å². The zero-order chi connectivity index (χ0) is 16.4. The molecule has 0 fully saturated rings. The molecule has 0 saturated heterocycles. The van der Waals surface area contributed by atoms with Crippen LogP contribution in [0.4, 0.5) is 5.13 Å². The lowest BCUT2D eigenvalue weighted by Gasteiger charge is -2.09. The number of hydrogen-bond donors (Lipinski definition) is 1. The summed E-state index contributed by atoms with van der Waals surface area (Å²) in [6, 6.07) is 7.73. The van der Waals surface area contributed by atoms with E-state index in [0.717, 1.165) is 28.1 Å². The van der Waals surface area contributed by atoms with E-state index >= 15 is 0 Å². The molecule has 23 heavy (non-hydrogen) atoms. The quantitative estimate of drug-likeness (QED) is 0.772. The smallest absolute Gasteiger partial charge is 0.203 e. The largest absolute Gasteiger partial charge is 0.494 e. The van der Waals surface area contributed by atoms with Gasteiger partial charge >= 0.3 is 0 Å². The highest BCUT2D eigenvalue weighted by Gasteiger charge is 2.18. The van der Waals surface area contributed by atoms with Crippen molar-refractivity contribution >= 4 is 16.5 Å². The van der Waals surface area contributed by atoms with Crippen molar-refractivity contribution in [3.63, 3.8) is 0 Å². The summed E-state index contributed by atoms with van der Waals surface area (Å²) in [5.74, 6) is 2.53. The van der Waals surface area contributed by atoms with Gasteiger partial charge in [0, 0.05) is 5.92 Å². The highest BCUT2D eigenvalue weighted by atomic mass is 32.1. The van der Waals surface area contributed by atoms with Gasteiger partial charge in [0.1, 0.15) is 22.3 Å². The van der Waals surface area contributed by atoms with Crippen LogP contribution in [0.2, 0.25) is 0 Å². The first-order chi connectivity index (χ1) is 11.1. The van der Waals surface area contributed by atoms with E-state index in [9.17, 15) is 0 Å². The van der Waals surface area contributed by atoms with Crippen molar-refractivity contribution in [3.8, 4) is 11.4 Å². The minimum absolute atomic E-state index is 0.226. The maximum absolute atomic E-state index is 5.66. The van der Waals surface area contributed by atoms with Crippen molar-refractivity contribution in [2.45, 2.75) is 26.2 Å². The third kappa shape index (κ3) is 3.16. The molecular formula is C15H18N6OS. The highest BCUT2D eigenvalue weighted by Crippen LogP contribution is 2.25. The second-order valence-electron chi connectivity index (χ2n) is 5.34. The van der Waals surface area contributed by atoms with Crippen molar-refractivity contribution in [1.82, 2.24) is 25.0 Å². The Morgan fingerprint density at radius 2 is 2.04 bits per heavy atom. The summed E-state index contributed by atoms with van der Waals surface area (Å²) in [6.45, 7) is 4.13. The van der Waals surface area contributed by atoms with Gasteiger partial charge in [-0.05, 0) is 12.1 Å². The number of anilines is 1. The number of hydrogen-bond acceptors (Lipinski definition) is 7. The van der Waals surface area contributed by atoms with E-state index in [1.54, 1.807) is 7.11 Å². The third-order valence-electron chi connectivity index (χ3n) is 3.31. The predicted octanol–water partition coefficient (Wildman–Crippen LogP) is 2.42. The minimum Gasteiger partial charge on any atom is -0.494 e. The zero-order valence-electron chi connectivity index (χ0n) is 13.2. The molecule has 0 amide bonds. The topological polar surface area (TPSA) is 91.7 Å². The predicted molar refractivity (Wildman–Crippen MR) is 89.1 cm³/mol. The van der Waals surface area contributed by atoms with E-state index in [0.29, 0.717) is 11.6 Å². The Morgan fingerprint density at radius 3 is 2.70 bits per heavy atom. The summed E-state index contributed by atoms with van der Waals surface area (Å²) in [7, 11) is 1.64. The average molecular weight is 330 g/mol. The monoisotopic (exact) mass is 330 g/mol. The first kappa shape index (κ1) is 15.4. The van der Waals surface area contributed by atoms with Gasteiger partial charge in [0.15, 0.2) is 5.82 Å². The second-order valence-corrected chi connectivity index (χ2v) is 6.43. The van der Waals surface area contributed by atoms with Crippen LogP contribution in [0.5, 0.6) is 5.75 Å². The molecule has 0 spiro atoms. The number of rotatable bonds is 5. The number of para-hydroxylation sites is 2. The molecule has 2 aromatic heterocycles. The zero-order valence-corrected chi connectivity index (χ0v) is 14.0. The summed E-state index contributed by atoms with van der Waals surface area (Å²) < 4.78 is 7.26. The van der Waals surface area contributed by atoms with Crippen LogP contribution < -0.4 is 10.5 Å². The Balaban J connectivity index is 2.07. The number of nitrogens with zero attached hydrogens (tertiary/aromatic N) is 5. The van der Waals surface area contributed by atoms with Crippen molar-refractivity contribution in [1.29, 1.82) is 0 Å². The second kappa shape index (κ2) is 6.33. The van der Waals surface area contributed by atoms with Gasteiger partial charge in [-0.3, -0.25) is 0 Å². The van der Waals surface area contributed by atoms with Gasteiger partial charge in [-0.15, -0.1) is 10.2 Å². The Morgan fingerprint density at radius 1 is 1.26 bits per heavy atom. The van der Waals surface area contributed by atoms with Crippen molar-refractivity contribution in [2.24, 2.45) is 0 Å². The van der Waals surface area contributed by atoms with Crippen molar-refractivity contribution in [3.05, 3.63) is 40.9 Å². The van der Waals surface area contributed by atoms with E-state index in [1.807, 2.05) is 28.9 Å². The normalized spacial score (nSPS) is 11.1. The lowest BCUT2D eigenvalue weighted by molar-refractivity contribution is 0.411. The summed E-state index contributed by atoms with van der Waals surface area (Å²) in [5, 5.41) is 13.8. The van der Waals surface area contributed by atoms with Crippen LogP contribution in [-0.4, -0.2) is 32.1 Å². The number of nitrogen functional groups attached to an aromatic ring is 1. The fraction of sp³-hybridized carbons (Fsp3) is 0.333. The van der Waals surface area contributed by atoms with E-state index < -0.39 is 0 Å². The van der Waals surface area contributed by atoms with E-state index in [-0.39, 0.29) is 5.92 Å². The van der Waals surface area contributed by atoms with E-state index in [4.69, 9.17) is 10.5 Å². The van der Waals surface area contributed by atoms with Gasteiger partial charge in [0.05, 0.1) is 13.5 Å². The Kier molecular flexibility index (Phi) is 4.24. The molecule has 3 aromatic rings. The van der Waals surface area contributed by atoms with Crippen LogP contribution in [0.25, 0.3) is 5.69 Å². The van der Waals surface area contributed by atoms with Gasteiger partial charge < -0.3 is 10.5 Å². The molecule has 2 heterocycles. The van der Waals surface area contributed by atoms with Crippen LogP contribution in [0.3, 0.4) is 0 Å².